The van der Waals surface area contributed by atoms with Crippen LogP contribution in [0.2, 0.25) is 0 Å². The first kappa shape index (κ1) is 30.2. The number of carbonyl (C=O) groups is 2. The Morgan fingerprint density at radius 3 is 2.12 bits per heavy atom. The van der Waals surface area contributed by atoms with Gasteiger partial charge < -0.3 is 30.3 Å². The number of anilines is 1. The lowest BCUT2D eigenvalue weighted by atomic mass is 9.94. The molecule has 4 aromatic rings. The van der Waals surface area contributed by atoms with Crippen LogP contribution in [0.15, 0.2) is 66.7 Å². The van der Waals surface area contributed by atoms with E-state index in [1.807, 2.05) is 18.4 Å². The number of carboxylic acids is 1. The third-order valence-electron chi connectivity index (χ3n) is 7.14. The smallest absolute Gasteiger partial charge is 0.303 e. The SMILES string of the molecule is CC(C)c1c(C(=O)Nc2c(O)cccc2O)c(-c2ccc(O)cc2)c(-c2ccccc2F)n1CCCCCCC(=O)O. The lowest BCUT2D eigenvalue weighted by Gasteiger charge is -2.18. The molecule has 220 valence electrons. The molecule has 5 N–H and O–H groups in total. The van der Waals surface area contributed by atoms with Crippen molar-refractivity contribution < 1.29 is 34.4 Å². The minimum atomic E-state index is -0.839. The lowest BCUT2D eigenvalue weighted by Crippen LogP contribution is -2.17. The maximum Gasteiger partial charge on any atom is 0.303 e. The molecule has 0 saturated carbocycles. The highest BCUT2D eigenvalue weighted by molar-refractivity contribution is 6.13. The number of aliphatic carboxylic acids is 1. The maximum atomic E-state index is 15.5. The average Bonchev–Trinajstić information content (AvgIpc) is 3.28. The summed E-state index contributed by atoms with van der Waals surface area (Å²) in [5.74, 6) is -2.71. The number of carbonyl (C=O) groups excluding carboxylic acids is 1. The predicted molar refractivity (Wildman–Crippen MR) is 159 cm³/mol. The normalized spacial score (nSPS) is 11.1. The molecule has 0 atom stereocenters. The first-order valence-electron chi connectivity index (χ1n) is 13.9. The average molecular weight is 575 g/mol. The molecule has 0 aliphatic carbocycles. The van der Waals surface area contributed by atoms with Gasteiger partial charge in [0.05, 0.1) is 11.3 Å². The van der Waals surface area contributed by atoms with Gasteiger partial charge in [0, 0.05) is 29.8 Å². The van der Waals surface area contributed by atoms with Gasteiger partial charge in [-0.25, -0.2) is 4.39 Å². The van der Waals surface area contributed by atoms with Gasteiger partial charge in [0.25, 0.3) is 5.91 Å². The Balaban J connectivity index is 1.94. The number of hydrogen-bond acceptors (Lipinski definition) is 5. The number of carboxylic acid groups (broad SMARTS) is 1. The van der Waals surface area contributed by atoms with Crippen LogP contribution in [0.1, 0.15) is 67.9 Å². The quantitative estimate of drug-likeness (QED) is 0.0880. The first-order chi connectivity index (χ1) is 20.1. The summed E-state index contributed by atoms with van der Waals surface area (Å²) in [6, 6.07) is 16.8. The van der Waals surface area contributed by atoms with Gasteiger partial charge in [-0.05, 0) is 60.7 Å². The summed E-state index contributed by atoms with van der Waals surface area (Å²) in [5.41, 5.74) is 2.53. The van der Waals surface area contributed by atoms with Crippen LogP contribution >= 0.6 is 0 Å². The molecule has 1 amide bonds. The van der Waals surface area contributed by atoms with Crippen molar-refractivity contribution in [1.29, 1.82) is 0 Å². The van der Waals surface area contributed by atoms with Crippen LogP contribution in [0.25, 0.3) is 22.4 Å². The zero-order valence-corrected chi connectivity index (χ0v) is 23.6. The van der Waals surface area contributed by atoms with Crippen LogP contribution in [0.4, 0.5) is 10.1 Å². The van der Waals surface area contributed by atoms with E-state index < -0.39 is 17.7 Å². The van der Waals surface area contributed by atoms with Crippen molar-refractivity contribution in [2.45, 2.75) is 58.4 Å². The van der Waals surface area contributed by atoms with E-state index in [9.17, 15) is 24.9 Å². The van der Waals surface area contributed by atoms with Crippen LogP contribution in [0.5, 0.6) is 17.2 Å². The number of phenolic OH excluding ortho intramolecular Hbond substituents is 3. The Bertz CT molecular complexity index is 1560. The minimum Gasteiger partial charge on any atom is -0.508 e. The number of nitrogens with one attached hydrogen (secondary N) is 1. The highest BCUT2D eigenvalue weighted by atomic mass is 19.1. The molecule has 0 bridgehead atoms. The predicted octanol–water partition coefficient (Wildman–Crippen LogP) is 7.49. The number of rotatable bonds is 12. The second-order valence-corrected chi connectivity index (χ2v) is 10.5. The summed E-state index contributed by atoms with van der Waals surface area (Å²) in [6.45, 7) is 4.29. The number of halogens is 1. The third kappa shape index (κ3) is 6.57. The van der Waals surface area contributed by atoms with Gasteiger partial charge in [0.15, 0.2) is 0 Å². The van der Waals surface area contributed by atoms with Gasteiger partial charge in [-0.2, -0.15) is 0 Å². The molecule has 0 spiro atoms. The van der Waals surface area contributed by atoms with Crippen LogP contribution in [-0.2, 0) is 11.3 Å². The van der Waals surface area contributed by atoms with Crippen molar-refractivity contribution in [2.75, 3.05) is 5.32 Å². The molecule has 0 radical (unpaired) electrons. The Hall–Kier alpha value is -4.79. The summed E-state index contributed by atoms with van der Waals surface area (Å²) in [7, 11) is 0. The van der Waals surface area contributed by atoms with E-state index in [1.54, 1.807) is 30.3 Å². The van der Waals surface area contributed by atoms with E-state index in [0.717, 1.165) is 6.42 Å². The molecular weight excluding hydrogens is 539 g/mol. The lowest BCUT2D eigenvalue weighted by molar-refractivity contribution is -0.137. The van der Waals surface area contributed by atoms with Crippen molar-refractivity contribution >= 4 is 17.6 Å². The van der Waals surface area contributed by atoms with E-state index in [-0.39, 0.29) is 46.4 Å². The summed E-state index contributed by atoms with van der Waals surface area (Å²) in [5, 5.41) is 42.4. The standard InChI is InChI=1S/C33H35FN2O6/c1-20(2)31-29(33(42)35-30-25(38)12-9-13-26(30)39)28(21-15-17-22(37)18-16-21)32(23-10-6-7-11-24(23)34)36(31)19-8-4-3-5-14-27(40)41/h6-7,9-13,15-18,20,37-39H,3-5,8,14,19H2,1-2H3,(H,35,42)(H,40,41). The summed E-state index contributed by atoms with van der Waals surface area (Å²) in [4.78, 5) is 25.0. The summed E-state index contributed by atoms with van der Waals surface area (Å²) < 4.78 is 17.4. The number of aromatic nitrogens is 1. The van der Waals surface area contributed by atoms with Crippen molar-refractivity contribution in [3.8, 4) is 39.6 Å². The zero-order chi connectivity index (χ0) is 30.4. The number of hydrogen-bond donors (Lipinski definition) is 5. The summed E-state index contributed by atoms with van der Waals surface area (Å²) in [6.07, 6.45) is 2.75. The molecule has 3 aromatic carbocycles. The number of aromatic hydroxyl groups is 3. The molecule has 42 heavy (non-hydrogen) atoms. The fourth-order valence-electron chi connectivity index (χ4n) is 5.27. The molecule has 0 aliphatic heterocycles. The van der Waals surface area contributed by atoms with Crippen molar-refractivity contribution in [1.82, 2.24) is 4.57 Å². The Morgan fingerprint density at radius 2 is 1.50 bits per heavy atom. The highest BCUT2D eigenvalue weighted by Gasteiger charge is 2.32. The molecule has 4 rings (SSSR count). The molecule has 1 aromatic heterocycles. The van der Waals surface area contributed by atoms with Gasteiger partial charge in [0.2, 0.25) is 0 Å². The van der Waals surface area contributed by atoms with Gasteiger partial charge in [0.1, 0.15) is 28.8 Å². The van der Waals surface area contributed by atoms with Crippen LogP contribution in [0, 0.1) is 5.82 Å². The Labute approximate surface area is 243 Å². The second kappa shape index (κ2) is 13.2. The number of amides is 1. The van der Waals surface area contributed by atoms with Crippen LogP contribution < -0.4 is 5.32 Å². The molecule has 0 saturated heterocycles. The molecule has 0 aliphatic rings. The monoisotopic (exact) mass is 574 g/mol. The number of para-hydroxylation sites is 1. The number of unbranched alkanes of at least 4 members (excludes halogenated alkanes) is 3. The minimum absolute atomic E-state index is 0.0289. The second-order valence-electron chi connectivity index (χ2n) is 10.5. The van der Waals surface area contributed by atoms with Gasteiger partial charge in [-0.3, -0.25) is 9.59 Å². The first-order valence-corrected chi connectivity index (χ1v) is 13.9. The van der Waals surface area contributed by atoms with Crippen LogP contribution in [-0.4, -0.2) is 36.9 Å². The van der Waals surface area contributed by atoms with Crippen molar-refractivity contribution in [2.24, 2.45) is 0 Å². The van der Waals surface area contributed by atoms with Crippen molar-refractivity contribution in [3.05, 3.63) is 83.8 Å². The number of benzene rings is 3. The fraction of sp³-hybridized carbons (Fsp3) is 0.273. The molecular formula is C33H35FN2O6. The van der Waals surface area contributed by atoms with E-state index in [0.29, 0.717) is 48.3 Å². The largest absolute Gasteiger partial charge is 0.508 e. The fourth-order valence-corrected chi connectivity index (χ4v) is 5.27. The van der Waals surface area contributed by atoms with Gasteiger partial charge >= 0.3 is 5.97 Å². The van der Waals surface area contributed by atoms with Crippen molar-refractivity contribution in [3.63, 3.8) is 0 Å². The molecule has 9 heteroatoms. The third-order valence-corrected chi connectivity index (χ3v) is 7.14. The molecule has 1 heterocycles. The van der Waals surface area contributed by atoms with E-state index in [1.165, 1.54) is 36.4 Å². The molecule has 0 unspecified atom stereocenters. The van der Waals surface area contributed by atoms with E-state index in [2.05, 4.69) is 5.32 Å². The van der Waals surface area contributed by atoms with Crippen LogP contribution in [0.3, 0.4) is 0 Å². The van der Waals surface area contributed by atoms with Gasteiger partial charge in [-0.15, -0.1) is 0 Å². The van der Waals surface area contributed by atoms with E-state index in [4.69, 9.17) is 5.11 Å². The Morgan fingerprint density at radius 1 is 0.857 bits per heavy atom. The Kier molecular flexibility index (Phi) is 9.52. The van der Waals surface area contributed by atoms with E-state index >= 15 is 4.39 Å². The molecule has 8 nitrogen and oxygen atoms in total. The number of nitrogens with zero attached hydrogens (tertiary/aromatic N) is 1. The summed E-state index contributed by atoms with van der Waals surface area (Å²) >= 11 is 0. The zero-order valence-electron chi connectivity index (χ0n) is 23.6. The number of phenols is 3. The highest BCUT2D eigenvalue weighted by Crippen LogP contribution is 2.44. The molecule has 0 fully saturated rings. The topological polar surface area (TPSA) is 132 Å². The van der Waals surface area contributed by atoms with Gasteiger partial charge in [-0.1, -0.05) is 57.0 Å². The maximum absolute atomic E-state index is 15.5.